The van der Waals surface area contributed by atoms with Crippen LogP contribution in [0.15, 0.2) is 17.8 Å². The second-order valence-electron chi connectivity index (χ2n) is 5.39. The standard InChI is InChI=1S/C15H20N4O2S/c1-3-19-8-11(6-17-19)14-13(4-5-21-14)15(20)16-7-12-9-22-10(2)18-12/h6,8-9,13-14H,3-5,7H2,1-2H3,(H,16,20)/t13-,14+/m0/s1. The average Bonchev–Trinajstić information content (AvgIpc) is 3.24. The van der Waals surface area contributed by atoms with E-state index in [-0.39, 0.29) is 17.9 Å². The zero-order chi connectivity index (χ0) is 15.5. The Bertz CT molecular complexity index is 652. The Morgan fingerprint density at radius 1 is 1.59 bits per heavy atom. The number of carbonyl (C=O) groups is 1. The zero-order valence-electron chi connectivity index (χ0n) is 12.8. The van der Waals surface area contributed by atoms with Gasteiger partial charge in [-0.2, -0.15) is 5.10 Å². The summed E-state index contributed by atoms with van der Waals surface area (Å²) < 4.78 is 7.61. The van der Waals surface area contributed by atoms with Crippen LogP contribution in [0.4, 0.5) is 0 Å². The van der Waals surface area contributed by atoms with E-state index in [1.54, 1.807) is 17.5 Å². The van der Waals surface area contributed by atoms with Crippen molar-refractivity contribution in [2.45, 2.75) is 39.5 Å². The fourth-order valence-corrected chi connectivity index (χ4v) is 3.30. The number of carbonyl (C=O) groups excluding carboxylic acids is 1. The summed E-state index contributed by atoms with van der Waals surface area (Å²) in [5, 5.41) is 10.2. The number of nitrogens with one attached hydrogen (secondary N) is 1. The maximum Gasteiger partial charge on any atom is 0.226 e. The Hall–Kier alpha value is -1.73. The topological polar surface area (TPSA) is 69.0 Å². The number of aromatic nitrogens is 3. The summed E-state index contributed by atoms with van der Waals surface area (Å²) >= 11 is 1.59. The minimum absolute atomic E-state index is 0.0254. The summed E-state index contributed by atoms with van der Waals surface area (Å²) in [4.78, 5) is 16.8. The van der Waals surface area contributed by atoms with Crippen LogP contribution in [0.5, 0.6) is 0 Å². The van der Waals surface area contributed by atoms with Crippen molar-refractivity contribution < 1.29 is 9.53 Å². The van der Waals surface area contributed by atoms with Crippen molar-refractivity contribution in [1.82, 2.24) is 20.1 Å². The van der Waals surface area contributed by atoms with E-state index >= 15 is 0 Å². The Kier molecular flexibility index (Phi) is 4.54. The third kappa shape index (κ3) is 3.20. The lowest BCUT2D eigenvalue weighted by atomic mass is 9.96. The van der Waals surface area contributed by atoms with Gasteiger partial charge in [0.15, 0.2) is 0 Å². The van der Waals surface area contributed by atoms with Crippen molar-refractivity contribution >= 4 is 17.2 Å². The maximum atomic E-state index is 12.4. The highest BCUT2D eigenvalue weighted by Gasteiger charge is 2.35. The lowest BCUT2D eigenvalue weighted by Gasteiger charge is -2.16. The van der Waals surface area contributed by atoms with Crippen LogP contribution >= 0.6 is 11.3 Å². The Morgan fingerprint density at radius 3 is 3.14 bits per heavy atom. The molecule has 1 aliphatic rings. The van der Waals surface area contributed by atoms with E-state index in [2.05, 4.69) is 15.4 Å². The second-order valence-corrected chi connectivity index (χ2v) is 6.45. The summed E-state index contributed by atoms with van der Waals surface area (Å²) in [5.74, 6) is -0.133. The molecular formula is C15H20N4O2S. The minimum Gasteiger partial charge on any atom is -0.373 e. The molecule has 3 rings (SSSR count). The molecule has 7 heteroatoms. The highest BCUT2D eigenvalue weighted by molar-refractivity contribution is 7.09. The van der Waals surface area contributed by atoms with E-state index in [0.717, 1.165) is 29.2 Å². The molecule has 2 aromatic heterocycles. The van der Waals surface area contributed by atoms with E-state index in [4.69, 9.17) is 4.74 Å². The number of rotatable bonds is 5. The van der Waals surface area contributed by atoms with E-state index < -0.39 is 0 Å². The van der Waals surface area contributed by atoms with Gasteiger partial charge in [0.25, 0.3) is 0 Å². The predicted octanol–water partition coefficient (Wildman–Crippen LogP) is 2.06. The summed E-state index contributed by atoms with van der Waals surface area (Å²) in [6.07, 6.45) is 4.30. The zero-order valence-corrected chi connectivity index (χ0v) is 13.6. The molecule has 0 bridgehead atoms. The first-order valence-corrected chi connectivity index (χ1v) is 8.38. The lowest BCUT2D eigenvalue weighted by Crippen LogP contribution is -2.32. The molecule has 0 radical (unpaired) electrons. The first kappa shape index (κ1) is 15.2. The van der Waals surface area contributed by atoms with Gasteiger partial charge in [0.05, 0.1) is 35.5 Å². The van der Waals surface area contributed by atoms with Crippen molar-refractivity contribution in [3.05, 3.63) is 34.0 Å². The molecule has 1 aliphatic heterocycles. The first-order valence-electron chi connectivity index (χ1n) is 7.50. The molecule has 2 aromatic rings. The Labute approximate surface area is 133 Å². The van der Waals surface area contributed by atoms with Crippen LogP contribution in [0.1, 0.15) is 35.7 Å². The van der Waals surface area contributed by atoms with Gasteiger partial charge in [-0.25, -0.2) is 4.98 Å². The minimum atomic E-state index is -0.197. The van der Waals surface area contributed by atoms with Crippen molar-refractivity contribution in [3.8, 4) is 0 Å². The van der Waals surface area contributed by atoms with Crippen LogP contribution in [0, 0.1) is 12.8 Å². The molecule has 0 aromatic carbocycles. The molecule has 1 N–H and O–H groups in total. The van der Waals surface area contributed by atoms with Gasteiger partial charge in [-0.15, -0.1) is 11.3 Å². The number of aryl methyl sites for hydroxylation is 2. The highest BCUT2D eigenvalue weighted by atomic mass is 32.1. The van der Waals surface area contributed by atoms with Gasteiger partial charge in [-0.05, 0) is 20.3 Å². The average molecular weight is 320 g/mol. The molecule has 6 nitrogen and oxygen atoms in total. The third-order valence-electron chi connectivity index (χ3n) is 3.84. The summed E-state index contributed by atoms with van der Waals surface area (Å²) in [6.45, 7) is 5.89. The van der Waals surface area contributed by atoms with E-state index in [1.165, 1.54) is 0 Å². The van der Waals surface area contributed by atoms with Gasteiger partial charge in [-0.1, -0.05) is 0 Å². The van der Waals surface area contributed by atoms with Crippen LogP contribution < -0.4 is 5.32 Å². The first-order chi connectivity index (χ1) is 10.7. The fourth-order valence-electron chi connectivity index (χ4n) is 2.68. The van der Waals surface area contributed by atoms with E-state index in [1.807, 2.05) is 30.1 Å². The fraction of sp³-hybridized carbons (Fsp3) is 0.533. The van der Waals surface area contributed by atoms with Crippen LogP contribution in [-0.4, -0.2) is 27.3 Å². The molecule has 0 saturated carbocycles. The van der Waals surface area contributed by atoms with Gasteiger partial charge in [0.1, 0.15) is 0 Å². The number of nitrogens with zero attached hydrogens (tertiary/aromatic N) is 3. The van der Waals surface area contributed by atoms with Gasteiger partial charge in [0, 0.05) is 30.3 Å². The lowest BCUT2D eigenvalue weighted by molar-refractivity contribution is -0.127. The number of amides is 1. The number of thiazole rings is 1. The normalized spacial score (nSPS) is 21.2. The van der Waals surface area contributed by atoms with Crippen LogP contribution in [0.25, 0.3) is 0 Å². The molecule has 1 fully saturated rings. The molecule has 2 atom stereocenters. The molecule has 118 valence electrons. The Morgan fingerprint density at radius 2 is 2.45 bits per heavy atom. The second kappa shape index (κ2) is 6.58. The van der Waals surface area contributed by atoms with E-state index in [0.29, 0.717) is 13.2 Å². The molecule has 0 unspecified atom stereocenters. The molecule has 0 aliphatic carbocycles. The van der Waals surface area contributed by atoms with Gasteiger partial charge in [-0.3, -0.25) is 9.48 Å². The Balaban J connectivity index is 1.63. The van der Waals surface area contributed by atoms with E-state index in [9.17, 15) is 4.79 Å². The quantitative estimate of drug-likeness (QED) is 0.915. The highest BCUT2D eigenvalue weighted by Crippen LogP contribution is 2.34. The molecule has 22 heavy (non-hydrogen) atoms. The smallest absolute Gasteiger partial charge is 0.226 e. The summed E-state index contributed by atoms with van der Waals surface area (Å²) in [6, 6.07) is 0. The molecule has 1 amide bonds. The van der Waals surface area contributed by atoms with Gasteiger partial charge < -0.3 is 10.1 Å². The number of ether oxygens (including phenoxy) is 1. The molecule has 0 spiro atoms. The predicted molar refractivity (Wildman–Crippen MR) is 83.4 cm³/mol. The molecular weight excluding hydrogens is 300 g/mol. The van der Waals surface area contributed by atoms with Crippen molar-refractivity contribution in [2.75, 3.05) is 6.61 Å². The molecule has 3 heterocycles. The van der Waals surface area contributed by atoms with Crippen molar-refractivity contribution in [1.29, 1.82) is 0 Å². The van der Waals surface area contributed by atoms with Gasteiger partial charge in [0.2, 0.25) is 5.91 Å². The maximum absolute atomic E-state index is 12.4. The summed E-state index contributed by atoms with van der Waals surface area (Å²) in [5.41, 5.74) is 1.88. The summed E-state index contributed by atoms with van der Waals surface area (Å²) in [7, 11) is 0. The van der Waals surface area contributed by atoms with Crippen LogP contribution in [0.2, 0.25) is 0 Å². The van der Waals surface area contributed by atoms with Gasteiger partial charge >= 0.3 is 0 Å². The number of hydrogen-bond donors (Lipinski definition) is 1. The monoisotopic (exact) mass is 320 g/mol. The largest absolute Gasteiger partial charge is 0.373 e. The SMILES string of the molecule is CCn1cc([C@H]2OCC[C@@H]2C(=O)NCc2csc(C)n2)cn1. The third-order valence-corrected chi connectivity index (χ3v) is 4.67. The van der Waals surface area contributed by atoms with Crippen molar-refractivity contribution in [2.24, 2.45) is 5.92 Å². The van der Waals surface area contributed by atoms with Crippen LogP contribution in [-0.2, 0) is 22.6 Å². The van der Waals surface area contributed by atoms with Crippen LogP contribution in [0.3, 0.4) is 0 Å². The van der Waals surface area contributed by atoms with Crippen molar-refractivity contribution in [3.63, 3.8) is 0 Å². The number of hydrogen-bond acceptors (Lipinski definition) is 5. The molecule has 1 saturated heterocycles.